The molecular formula is C14H21N3O3. The van der Waals surface area contributed by atoms with Crippen molar-refractivity contribution in [2.24, 2.45) is 0 Å². The molecule has 0 aliphatic carbocycles. The number of rotatable bonds is 4. The molecule has 0 aromatic carbocycles. The van der Waals surface area contributed by atoms with Crippen LogP contribution in [-0.4, -0.2) is 46.9 Å². The van der Waals surface area contributed by atoms with E-state index < -0.39 is 0 Å². The Morgan fingerprint density at radius 2 is 2.25 bits per heavy atom. The van der Waals surface area contributed by atoms with Crippen LogP contribution in [0.4, 0.5) is 0 Å². The van der Waals surface area contributed by atoms with Gasteiger partial charge in [0.1, 0.15) is 5.69 Å². The molecule has 1 aliphatic rings. The largest absolute Gasteiger partial charge is 0.383 e. The van der Waals surface area contributed by atoms with Crippen molar-refractivity contribution in [2.45, 2.75) is 38.8 Å². The number of piperidine rings is 1. The van der Waals surface area contributed by atoms with Crippen molar-refractivity contribution in [1.82, 2.24) is 14.7 Å². The van der Waals surface area contributed by atoms with E-state index in [0.717, 1.165) is 25.8 Å². The molecule has 110 valence electrons. The summed E-state index contributed by atoms with van der Waals surface area (Å²) in [5, 5.41) is 4.15. The van der Waals surface area contributed by atoms with Gasteiger partial charge in [-0.3, -0.25) is 9.59 Å². The first-order chi connectivity index (χ1) is 9.63. The third-order valence-corrected chi connectivity index (χ3v) is 3.66. The number of hydrogen-bond donors (Lipinski definition) is 0. The molecule has 6 heteroatoms. The summed E-state index contributed by atoms with van der Waals surface area (Å²) in [7, 11) is 1.56. The molecule has 1 aliphatic heterocycles. The van der Waals surface area contributed by atoms with Crippen LogP contribution in [0.25, 0.3) is 0 Å². The lowest BCUT2D eigenvalue weighted by molar-refractivity contribution is 0.0625. The summed E-state index contributed by atoms with van der Waals surface area (Å²) in [5.41, 5.74) is 0.111. The first kappa shape index (κ1) is 14.7. The minimum absolute atomic E-state index is 0.0941. The van der Waals surface area contributed by atoms with Crippen LogP contribution in [0.2, 0.25) is 0 Å². The van der Waals surface area contributed by atoms with E-state index in [0.29, 0.717) is 18.8 Å². The Balaban J connectivity index is 2.19. The Labute approximate surface area is 118 Å². The third-order valence-electron chi connectivity index (χ3n) is 3.66. The van der Waals surface area contributed by atoms with Crippen LogP contribution in [0.1, 0.15) is 36.7 Å². The number of likely N-dealkylation sites (tertiary alicyclic amines) is 1. The topological polar surface area (TPSA) is 64.4 Å². The van der Waals surface area contributed by atoms with Gasteiger partial charge in [-0.25, -0.2) is 4.68 Å². The Bertz CT molecular complexity index is 527. The zero-order chi connectivity index (χ0) is 14.5. The van der Waals surface area contributed by atoms with Gasteiger partial charge in [0.25, 0.3) is 11.5 Å². The average Bonchev–Trinajstić information content (AvgIpc) is 2.46. The van der Waals surface area contributed by atoms with E-state index in [1.54, 1.807) is 7.11 Å². The molecule has 0 spiro atoms. The van der Waals surface area contributed by atoms with E-state index >= 15 is 0 Å². The van der Waals surface area contributed by atoms with Crippen LogP contribution >= 0.6 is 0 Å². The van der Waals surface area contributed by atoms with E-state index in [9.17, 15) is 9.59 Å². The number of methoxy groups -OCH3 is 1. The zero-order valence-corrected chi connectivity index (χ0v) is 12.0. The first-order valence-corrected chi connectivity index (χ1v) is 7.01. The maximum atomic E-state index is 12.5. The molecule has 1 fully saturated rings. The quantitative estimate of drug-likeness (QED) is 0.821. The summed E-state index contributed by atoms with van der Waals surface area (Å²) in [6.45, 7) is 3.56. The summed E-state index contributed by atoms with van der Waals surface area (Å²) in [4.78, 5) is 26.0. The fourth-order valence-corrected chi connectivity index (χ4v) is 2.45. The predicted molar refractivity (Wildman–Crippen MR) is 74.7 cm³/mol. The van der Waals surface area contributed by atoms with E-state index in [4.69, 9.17) is 4.74 Å². The van der Waals surface area contributed by atoms with E-state index in [1.807, 2.05) is 4.90 Å². The third kappa shape index (κ3) is 3.25. The molecule has 1 aromatic rings. The number of carbonyl (C=O) groups excluding carboxylic acids is 1. The van der Waals surface area contributed by atoms with Crippen molar-refractivity contribution in [2.75, 3.05) is 20.3 Å². The molecule has 2 heterocycles. The number of nitrogens with zero attached hydrogens (tertiary/aromatic N) is 3. The van der Waals surface area contributed by atoms with Crippen LogP contribution in [0, 0.1) is 0 Å². The summed E-state index contributed by atoms with van der Waals surface area (Å²) >= 11 is 0. The molecule has 20 heavy (non-hydrogen) atoms. The van der Waals surface area contributed by atoms with E-state index in [1.165, 1.54) is 16.8 Å². The molecule has 1 unspecified atom stereocenters. The van der Waals surface area contributed by atoms with Gasteiger partial charge < -0.3 is 9.64 Å². The first-order valence-electron chi connectivity index (χ1n) is 7.01. The number of ether oxygens (including phenoxy) is 1. The summed E-state index contributed by atoms with van der Waals surface area (Å²) < 4.78 is 6.22. The molecule has 2 rings (SSSR count). The number of carbonyl (C=O) groups is 1. The van der Waals surface area contributed by atoms with Crippen LogP contribution in [0.5, 0.6) is 0 Å². The molecule has 6 nitrogen and oxygen atoms in total. The maximum Gasteiger partial charge on any atom is 0.274 e. The molecule has 0 N–H and O–H groups in total. The van der Waals surface area contributed by atoms with Crippen LogP contribution < -0.4 is 5.56 Å². The SMILES string of the molecule is COCCn1nc(C(=O)N2CCCCC2C)ccc1=O. The molecule has 0 saturated carbocycles. The predicted octanol–water partition coefficient (Wildman–Crippen LogP) is 0.904. The normalized spacial score (nSPS) is 19.1. The minimum atomic E-state index is -0.217. The Kier molecular flexibility index (Phi) is 4.89. The molecule has 1 saturated heterocycles. The molecule has 1 amide bonds. The van der Waals surface area contributed by atoms with Gasteiger partial charge >= 0.3 is 0 Å². The van der Waals surface area contributed by atoms with Crippen molar-refractivity contribution in [3.63, 3.8) is 0 Å². The highest BCUT2D eigenvalue weighted by Crippen LogP contribution is 2.18. The zero-order valence-electron chi connectivity index (χ0n) is 12.0. The summed E-state index contributed by atoms with van der Waals surface area (Å²) in [6.07, 6.45) is 3.21. The fourth-order valence-electron chi connectivity index (χ4n) is 2.45. The second-order valence-electron chi connectivity index (χ2n) is 5.12. The second kappa shape index (κ2) is 6.65. The Hall–Kier alpha value is -1.69. The standard InChI is InChI=1S/C14H21N3O3/c1-11-5-3-4-8-16(11)14(19)12-6-7-13(18)17(15-12)9-10-20-2/h6-7,11H,3-5,8-10H2,1-2H3. The average molecular weight is 279 g/mol. The van der Waals surface area contributed by atoms with Gasteiger partial charge in [0, 0.05) is 25.8 Å². The summed E-state index contributed by atoms with van der Waals surface area (Å²) in [6, 6.07) is 3.14. The Morgan fingerprint density at radius 1 is 1.45 bits per heavy atom. The van der Waals surface area contributed by atoms with Crippen molar-refractivity contribution in [3.05, 3.63) is 28.2 Å². The van der Waals surface area contributed by atoms with Crippen molar-refractivity contribution < 1.29 is 9.53 Å². The monoisotopic (exact) mass is 279 g/mol. The number of hydrogen-bond acceptors (Lipinski definition) is 4. The molecule has 1 atom stereocenters. The lowest BCUT2D eigenvalue weighted by atomic mass is 10.0. The molecule has 0 radical (unpaired) electrons. The highest BCUT2D eigenvalue weighted by atomic mass is 16.5. The number of amides is 1. The number of aromatic nitrogens is 2. The van der Waals surface area contributed by atoms with Crippen molar-refractivity contribution in [1.29, 1.82) is 0 Å². The van der Waals surface area contributed by atoms with Crippen LogP contribution in [-0.2, 0) is 11.3 Å². The minimum Gasteiger partial charge on any atom is -0.383 e. The lowest BCUT2D eigenvalue weighted by Gasteiger charge is -2.33. The maximum absolute atomic E-state index is 12.5. The van der Waals surface area contributed by atoms with Gasteiger partial charge in [-0.05, 0) is 32.3 Å². The molecule has 0 bridgehead atoms. The van der Waals surface area contributed by atoms with Gasteiger partial charge in [0.15, 0.2) is 0 Å². The van der Waals surface area contributed by atoms with Crippen LogP contribution in [0.15, 0.2) is 16.9 Å². The highest BCUT2D eigenvalue weighted by Gasteiger charge is 2.25. The van der Waals surface area contributed by atoms with Gasteiger partial charge in [0.2, 0.25) is 0 Å². The Morgan fingerprint density at radius 3 is 2.95 bits per heavy atom. The smallest absolute Gasteiger partial charge is 0.274 e. The highest BCUT2D eigenvalue weighted by molar-refractivity contribution is 5.92. The van der Waals surface area contributed by atoms with Crippen molar-refractivity contribution in [3.8, 4) is 0 Å². The summed E-state index contributed by atoms with van der Waals surface area (Å²) in [5.74, 6) is -0.0941. The van der Waals surface area contributed by atoms with Gasteiger partial charge in [-0.1, -0.05) is 0 Å². The van der Waals surface area contributed by atoms with Gasteiger partial charge in [-0.15, -0.1) is 0 Å². The van der Waals surface area contributed by atoms with E-state index in [-0.39, 0.29) is 17.5 Å². The van der Waals surface area contributed by atoms with Gasteiger partial charge in [-0.2, -0.15) is 5.10 Å². The second-order valence-corrected chi connectivity index (χ2v) is 5.12. The lowest BCUT2D eigenvalue weighted by Crippen LogP contribution is -2.43. The van der Waals surface area contributed by atoms with Crippen LogP contribution in [0.3, 0.4) is 0 Å². The fraction of sp³-hybridized carbons (Fsp3) is 0.643. The van der Waals surface area contributed by atoms with Crippen molar-refractivity contribution >= 4 is 5.91 Å². The van der Waals surface area contributed by atoms with E-state index in [2.05, 4.69) is 12.0 Å². The molecule has 1 aromatic heterocycles. The van der Waals surface area contributed by atoms with Gasteiger partial charge in [0.05, 0.1) is 13.2 Å². The molecular weight excluding hydrogens is 258 g/mol.